The van der Waals surface area contributed by atoms with E-state index in [1.807, 2.05) is 13.8 Å². The zero-order chi connectivity index (χ0) is 15.2. The predicted molar refractivity (Wildman–Crippen MR) is 81.3 cm³/mol. The molecule has 0 saturated carbocycles. The van der Waals surface area contributed by atoms with Crippen molar-refractivity contribution >= 4 is 23.4 Å². The van der Waals surface area contributed by atoms with Crippen LogP contribution in [0, 0.1) is 6.92 Å². The maximum atomic E-state index is 12.1. The molecule has 0 atom stereocenters. The van der Waals surface area contributed by atoms with E-state index in [1.54, 1.807) is 18.2 Å². The number of nitrogens with zero attached hydrogens (tertiary/aromatic N) is 2. The first-order valence-electron chi connectivity index (χ1n) is 6.73. The van der Waals surface area contributed by atoms with Gasteiger partial charge < -0.3 is 10.5 Å². The molecule has 2 aromatic rings. The molecule has 0 unspecified atom stereocenters. The second-order valence-electron chi connectivity index (χ2n) is 4.55. The van der Waals surface area contributed by atoms with Gasteiger partial charge in [0.2, 0.25) is 5.16 Å². The largest absolute Gasteiger partial charge is 0.462 e. The Bertz CT molecular complexity index is 627. The SMILES string of the molecule is CCCCOC(=O)c1cc(N)ccc1Sc1n[nH]c(C)n1. The number of aromatic amines is 1. The summed E-state index contributed by atoms with van der Waals surface area (Å²) < 4.78 is 5.25. The van der Waals surface area contributed by atoms with Crippen LogP contribution in [-0.4, -0.2) is 27.8 Å². The molecule has 1 heterocycles. The summed E-state index contributed by atoms with van der Waals surface area (Å²) >= 11 is 1.30. The number of aromatic nitrogens is 3. The van der Waals surface area contributed by atoms with E-state index in [1.165, 1.54) is 11.8 Å². The Labute approximate surface area is 127 Å². The van der Waals surface area contributed by atoms with Crippen molar-refractivity contribution < 1.29 is 9.53 Å². The number of benzene rings is 1. The fourth-order valence-corrected chi connectivity index (χ4v) is 2.51. The van der Waals surface area contributed by atoms with Crippen LogP contribution in [0.1, 0.15) is 35.9 Å². The smallest absolute Gasteiger partial charge is 0.339 e. The number of carbonyl (C=O) groups is 1. The summed E-state index contributed by atoms with van der Waals surface area (Å²) in [6, 6.07) is 5.14. The van der Waals surface area contributed by atoms with Gasteiger partial charge in [-0.2, -0.15) is 0 Å². The Hall–Kier alpha value is -2.02. The van der Waals surface area contributed by atoms with Crippen LogP contribution in [-0.2, 0) is 4.74 Å². The third kappa shape index (κ3) is 4.22. The fourth-order valence-electron chi connectivity index (χ4n) is 1.65. The van der Waals surface area contributed by atoms with E-state index >= 15 is 0 Å². The number of hydrogen-bond donors (Lipinski definition) is 2. The molecule has 0 radical (unpaired) electrons. The minimum Gasteiger partial charge on any atom is -0.462 e. The Balaban J connectivity index is 2.18. The molecule has 0 bridgehead atoms. The molecule has 0 aliphatic heterocycles. The lowest BCUT2D eigenvalue weighted by molar-refractivity contribution is 0.0495. The summed E-state index contributed by atoms with van der Waals surface area (Å²) in [6.45, 7) is 4.27. The van der Waals surface area contributed by atoms with E-state index in [2.05, 4.69) is 15.2 Å². The number of hydrogen-bond acceptors (Lipinski definition) is 6. The van der Waals surface area contributed by atoms with Gasteiger partial charge in [-0.3, -0.25) is 5.10 Å². The first-order valence-corrected chi connectivity index (χ1v) is 7.55. The number of aryl methyl sites for hydroxylation is 1. The molecular weight excluding hydrogens is 288 g/mol. The van der Waals surface area contributed by atoms with Gasteiger partial charge in [-0.1, -0.05) is 13.3 Å². The molecule has 2 rings (SSSR count). The molecule has 0 amide bonds. The van der Waals surface area contributed by atoms with Crippen molar-refractivity contribution in [1.82, 2.24) is 15.2 Å². The Kier molecular flexibility index (Phi) is 5.21. The van der Waals surface area contributed by atoms with Crippen molar-refractivity contribution in [2.45, 2.75) is 36.7 Å². The van der Waals surface area contributed by atoms with Crippen LogP contribution >= 0.6 is 11.8 Å². The first-order chi connectivity index (χ1) is 10.1. The molecule has 7 heteroatoms. The average Bonchev–Trinajstić information content (AvgIpc) is 2.86. The second-order valence-corrected chi connectivity index (χ2v) is 5.56. The van der Waals surface area contributed by atoms with Crippen LogP contribution in [0.3, 0.4) is 0 Å². The molecule has 21 heavy (non-hydrogen) atoms. The fraction of sp³-hybridized carbons (Fsp3) is 0.357. The number of anilines is 1. The molecule has 0 spiro atoms. The number of unbranched alkanes of at least 4 members (excludes halogenated alkanes) is 1. The van der Waals surface area contributed by atoms with Crippen molar-refractivity contribution in [1.29, 1.82) is 0 Å². The molecule has 1 aromatic carbocycles. The van der Waals surface area contributed by atoms with Crippen molar-refractivity contribution in [2.24, 2.45) is 0 Å². The van der Waals surface area contributed by atoms with Gasteiger partial charge in [-0.05, 0) is 43.3 Å². The summed E-state index contributed by atoms with van der Waals surface area (Å²) in [6.07, 6.45) is 1.82. The summed E-state index contributed by atoms with van der Waals surface area (Å²) in [5, 5.41) is 7.38. The summed E-state index contributed by atoms with van der Waals surface area (Å²) in [5.74, 6) is 0.352. The predicted octanol–water partition coefficient (Wildman–Crippen LogP) is 2.80. The molecule has 0 aliphatic carbocycles. The molecule has 0 saturated heterocycles. The topological polar surface area (TPSA) is 93.9 Å². The Morgan fingerprint density at radius 3 is 2.95 bits per heavy atom. The van der Waals surface area contributed by atoms with Crippen molar-refractivity contribution in [2.75, 3.05) is 12.3 Å². The highest BCUT2D eigenvalue weighted by atomic mass is 32.2. The number of nitrogens with one attached hydrogen (secondary N) is 1. The molecule has 6 nitrogen and oxygen atoms in total. The highest BCUT2D eigenvalue weighted by molar-refractivity contribution is 7.99. The summed E-state index contributed by atoms with van der Waals surface area (Å²) in [5.41, 5.74) is 6.73. The van der Waals surface area contributed by atoms with Crippen LogP contribution in [0.25, 0.3) is 0 Å². The van der Waals surface area contributed by atoms with E-state index in [4.69, 9.17) is 10.5 Å². The van der Waals surface area contributed by atoms with Gasteiger partial charge in [0.15, 0.2) is 0 Å². The number of esters is 1. The van der Waals surface area contributed by atoms with Crippen molar-refractivity contribution in [3.05, 3.63) is 29.6 Å². The molecule has 1 aromatic heterocycles. The number of rotatable bonds is 6. The van der Waals surface area contributed by atoms with Gasteiger partial charge in [0.05, 0.1) is 12.2 Å². The van der Waals surface area contributed by atoms with Gasteiger partial charge in [0, 0.05) is 10.6 Å². The Morgan fingerprint density at radius 2 is 2.29 bits per heavy atom. The van der Waals surface area contributed by atoms with Crippen LogP contribution in [0.5, 0.6) is 0 Å². The summed E-state index contributed by atoms with van der Waals surface area (Å²) in [7, 11) is 0. The van der Waals surface area contributed by atoms with Gasteiger partial charge in [0.1, 0.15) is 5.82 Å². The minimum atomic E-state index is -0.370. The number of carbonyl (C=O) groups excluding carboxylic acids is 1. The van der Waals surface area contributed by atoms with Crippen LogP contribution in [0.2, 0.25) is 0 Å². The maximum absolute atomic E-state index is 12.1. The lowest BCUT2D eigenvalue weighted by Gasteiger charge is -2.08. The van der Waals surface area contributed by atoms with Crippen molar-refractivity contribution in [3.63, 3.8) is 0 Å². The van der Waals surface area contributed by atoms with E-state index < -0.39 is 0 Å². The molecule has 0 fully saturated rings. The van der Waals surface area contributed by atoms with Gasteiger partial charge in [-0.25, -0.2) is 9.78 Å². The monoisotopic (exact) mass is 306 g/mol. The molecule has 3 N–H and O–H groups in total. The van der Waals surface area contributed by atoms with Crippen LogP contribution < -0.4 is 5.73 Å². The number of H-pyrrole nitrogens is 1. The Morgan fingerprint density at radius 1 is 1.48 bits per heavy atom. The molecule has 0 aliphatic rings. The highest BCUT2D eigenvalue weighted by Gasteiger charge is 2.16. The number of nitrogen functional groups attached to an aromatic ring is 1. The molecule has 112 valence electrons. The highest BCUT2D eigenvalue weighted by Crippen LogP contribution is 2.29. The van der Waals surface area contributed by atoms with Crippen LogP contribution in [0.4, 0.5) is 5.69 Å². The third-order valence-electron chi connectivity index (χ3n) is 2.73. The second kappa shape index (κ2) is 7.12. The minimum absolute atomic E-state index is 0.370. The lowest BCUT2D eigenvalue weighted by atomic mass is 10.2. The van der Waals surface area contributed by atoms with E-state index in [0.717, 1.165) is 23.6 Å². The quantitative estimate of drug-likeness (QED) is 0.484. The van der Waals surface area contributed by atoms with Crippen molar-refractivity contribution in [3.8, 4) is 0 Å². The zero-order valence-electron chi connectivity index (χ0n) is 12.0. The van der Waals surface area contributed by atoms with E-state index in [0.29, 0.717) is 23.0 Å². The molecular formula is C14H18N4O2S. The van der Waals surface area contributed by atoms with Gasteiger partial charge in [0.25, 0.3) is 0 Å². The van der Waals surface area contributed by atoms with E-state index in [9.17, 15) is 4.79 Å². The maximum Gasteiger partial charge on any atom is 0.339 e. The van der Waals surface area contributed by atoms with Gasteiger partial charge >= 0.3 is 5.97 Å². The van der Waals surface area contributed by atoms with E-state index in [-0.39, 0.29) is 5.97 Å². The number of ether oxygens (including phenoxy) is 1. The third-order valence-corrected chi connectivity index (χ3v) is 3.67. The lowest BCUT2D eigenvalue weighted by Crippen LogP contribution is -2.08. The van der Waals surface area contributed by atoms with Crippen LogP contribution in [0.15, 0.2) is 28.3 Å². The summed E-state index contributed by atoms with van der Waals surface area (Å²) in [4.78, 5) is 17.1. The number of nitrogens with two attached hydrogens (primary N) is 1. The first kappa shape index (κ1) is 15.4. The average molecular weight is 306 g/mol. The zero-order valence-corrected chi connectivity index (χ0v) is 12.9. The van der Waals surface area contributed by atoms with Gasteiger partial charge in [-0.15, -0.1) is 5.10 Å². The normalized spacial score (nSPS) is 10.6. The standard InChI is InChI=1S/C14H18N4O2S/c1-3-4-7-20-13(19)11-8-10(15)5-6-12(11)21-14-16-9(2)17-18-14/h5-6,8H,3-4,7,15H2,1-2H3,(H,16,17,18).